The molecule has 0 aromatic heterocycles. The molecule has 0 radical (unpaired) electrons. The van der Waals surface area contributed by atoms with Crippen molar-refractivity contribution < 1.29 is 13.2 Å². The minimum absolute atomic E-state index is 0.206. The molecule has 1 aliphatic rings. The van der Waals surface area contributed by atoms with E-state index in [0.29, 0.717) is 5.56 Å². The highest BCUT2D eigenvalue weighted by Crippen LogP contribution is 2.27. The Balaban J connectivity index is 1.84. The van der Waals surface area contributed by atoms with E-state index in [2.05, 4.69) is 17.4 Å². The number of benzene rings is 2. The highest BCUT2D eigenvalue weighted by molar-refractivity contribution is 7.88. The summed E-state index contributed by atoms with van der Waals surface area (Å²) in [7, 11) is -2.09. The molecule has 1 N–H and O–H groups in total. The number of fused-ring (bicyclic) bond motifs is 1. The van der Waals surface area contributed by atoms with E-state index in [1.54, 1.807) is 24.3 Å². The van der Waals surface area contributed by atoms with Gasteiger partial charge in [-0.3, -0.25) is 4.79 Å². The Kier molecular flexibility index (Phi) is 5.67. The zero-order chi connectivity index (χ0) is 19.6. The number of rotatable bonds is 6. The molecule has 2 aromatic carbocycles. The maximum atomic E-state index is 13.0. The van der Waals surface area contributed by atoms with Crippen molar-refractivity contribution in [3.8, 4) is 0 Å². The summed E-state index contributed by atoms with van der Waals surface area (Å²) in [6.07, 6.45) is 4.48. The molecule has 0 saturated carbocycles. The molecular formula is C21H26N2O3S. The maximum Gasteiger partial charge on any atom is 0.243 e. The fourth-order valence-electron chi connectivity index (χ4n) is 3.59. The zero-order valence-corrected chi connectivity index (χ0v) is 16.8. The lowest BCUT2D eigenvalue weighted by Crippen LogP contribution is -2.42. The van der Waals surface area contributed by atoms with Crippen LogP contribution in [-0.4, -0.2) is 31.9 Å². The number of likely N-dealkylation sites (N-methyl/N-ethyl adjacent to an activating group) is 1. The highest BCUT2D eigenvalue weighted by Gasteiger charge is 2.31. The Morgan fingerprint density at radius 3 is 2.37 bits per heavy atom. The van der Waals surface area contributed by atoms with Gasteiger partial charge >= 0.3 is 0 Å². The lowest BCUT2D eigenvalue weighted by molar-refractivity contribution is -0.125. The molecule has 0 bridgehead atoms. The van der Waals surface area contributed by atoms with Crippen molar-refractivity contribution in [2.75, 3.05) is 13.3 Å². The molecule has 5 nitrogen and oxygen atoms in total. The summed E-state index contributed by atoms with van der Waals surface area (Å²) in [6.45, 7) is 1.93. The molecule has 2 atom stereocenters. The molecule has 0 fully saturated rings. The summed E-state index contributed by atoms with van der Waals surface area (Å²) in [6, 6.07) is 14.2. The van der Waals surface area contributed by atoms with Crippen molar-refractivity contribution in [3.63, 3.8) is 0 Å². The second-order valence-corrected chi connectivity index (χ2v) is 9.25. The van der Waals surface area contributed by atoms with Gasteiger partial charge in [-0.1, -0.05) is 48.5 Å². The quantitative estimate of drug-likeness (QED) is 0.830. The van der Waals surface area contributed by atoms with E-state index in [0.717, 1.165) is 29.0 Å². The molecule has 144 valence electrons. The van der Waals surface area contributed by atoms with Crippen molar-refractivity contribution in [2.45, 2.75) is 38.3 Å². The van der Waals surface area contributed by atoms with Crippen LogP contribution in [0.2, 0.25) is 0 Å². The number of hydrogen-bond acceptors (Lipinski definition) is 3. The normalized spacial score (nSPS) is 16.0. The predicted molar refractivity (Wildman–Crippen MR) is 107 cm³/mol. The van der Waals surface area contributed by atoms with Crippen molar-refractivity contribution in [3.05, 3.63) is 70.8 Å². The molecule has 1 amide bonds. The summed E-state index contributed by atoms with van der Waals surface area (Å²) in [5, 5.41) is 2.99. The van der Waals surface area contributed by atoms with Crippen LogP contribution in [0, 0.1) is 0 Å². The Morgan fingerprint density at radius 1 is 1.04 bits per heavy atom. The average molecular weight is 387 g/mol. The van der Waals surface area contributed by atoms with Gasteiger partial charge in [0.2, 0.25) is 15.9 Å². The molecule has 0 heterocycles. The van der Waals surface area contributed by atoms with Gasteiger partial charge in [-0.05, 0) is 48.4 Å². The molecular weight excluding hydrogens is 360 g/mol. The lowest BCUT2D eigenvalue weighted by Gasteiger charge is -2.27. The van der Waals surface area contributed by atoms with Crippen LogP contribution in [0.25, 0.3) is 0 Å². The third-order valence-corrected chi connectivity index (χ3v) is 6.49. The first-order valence-electron chi connectivity index (χ1n) is 9.17. The van der Waals surface area contributed by atoms with Gasteiger partial charge in [0.25, 0.3) is 0 Å². The van der Waals surface area contributed by atoms with Gasteiger partial charge in [0.1, 0.15) is 6.04 Å². The van der Waals surface area contributed by atoms with Crippen molar-refractivity contribution >= 4 is 15.9 Å². The minimum Gasteiger partial charge on any atom is -0.348 e. The van der Waals surface area contributed by atoms with Gasteiger partial charge in [0.15, 0.2) is 0 Å². The third-order valence-electron chi connectivity index (χ3n) is 5.23. The molecule has 0 unspecified atom stereocenters. The maximum absolute atomic E-state index is 13.0. The van der Waals surface area contributed by atoms with Gasteiger partial charge in [0.05, 0.1) is 12.3 Å². The van der Waals surface area contributed by atoms with Crippen LogP contribution in [0.3, 0.4) is 0 Å². The summed E-state index contributed by atoms with van der Waals surface area (Å²) < 4.78 is 25.3. The Labute approximate surface area is 161 Å². The van der Waals surface area contributed by atoms with E-state index in [-0.39, 0.29) is 11.9 Å². The second-order valence-electron chi connectivity index (χ2n) is 7.20. The van der Waals surface area contributed by atoms with E-state index < -0.39 is 16.1 Å². The molecule has 27 heavy (non-hydrogen) atoms. The average Bonchev–Trinajstić information content (AvgIpc) is 3.09. The van der Waals surface area contributed by atoms with Gasteiger partial charge in [-0.15, -0.1) is 0 Å². The summed E-state index contributed by atoms with van der Waals surface area (Å²) in [4.78, 5) is 13.0. The van der Waals surface area contributed by atoms with Crippen LogP contribution < -0.4 is 5.32 Å². The SMILES string of the molecule is C[C@H](NC(=O)[C@@H](c1ccccc1)N(C)S(C)(=O)=O)c1ccc2c(c1)CCC2. The van der Waals surface area contributed by atoms with E-state index in [9.17, 15) is 13.2 Å². The molecule has 3 rings (SSSR count). The van der Waals surface area contributed by atoms with Crippen LogP contribution in [0.15, 0.2) is 48.5 Å². The topological polar surface area (TPSA) is 66.5 Å². The number of amides is 1. The first-order valence-corrected chi connectivity index (χ1v) is 11.0. The zero-order valence-electron chi connectivity index (χ0n) is 16.0. The first kappa shape index (κ1) is 19.6. The Morgan fingerprint density at radius 2 is 1.70 bits per heavy atom. The Hall–Kier alpha value is -2.18. The second kappa shape index (κ2) is 7.82. The number of sulfonamides is 1. The molecule has 6 heteroatoms. The van der Waals surface area contributed by atoms with Crippen LogP contribution in [0.1, 0.15) is 47.7 Å². The van der Waals surface area contributed by atoms with Crippen LogP contribution in [-0.2, 0) is 27.7 Å². The lowest BCUT2D eigenvalue weighted by atomic mass is 10.0. The minimum atomic E-state index is -3.53. The van der Waals surface area contributed by atoms with E-state index in [1.165, 1.54) is 24.6 Å². The van der Waals surface area contributed by atoms with Crippen molar-refractivity contribution in [1.82, 2.24) is 9.62 Å². The standard InChI is InChI=1S/C21H26N2O3S/c1-15(18-13-12-16-10-7-11-19(16)14-18)22-21(24)20(23(2)27(3,25)26)17-8-5-4-6-9-17/h4-6,8-9,12-15,20H,7,10-11H2,1-3H3,(H,22,24)/t15-,20+/m0/s1. The number of aryl methyl sites for hydroxylation is 2. The number of nitrogens with zero attached hydrogens (tertiary/aromatic N) is 1. The van der Waals surface area contributed by atoms with Crippen LogP contribution in [0.5, 0.6) is 0 Å². The van der Waals surface area contributed by atoms with Gasteiger partial charge in [-0.25, -0.2) is 8.42 Å². The number of carbonyl (C=O) groups excluding carboxylic acids is 1. The summed E-state index contributed by atoms with van der Waals surface area (Å²) >= 11 is 0. The van der Waals surface area contributed by atoms with E-state index in [1.807, 2.05) is 19.1 Å². The molecule has 0 aliphatic heterocycles. The fourth-order valence-corrected chi connectivity index (χ4v) is 4.19. The summed E-state index contributed by atoms with van der Waals surface area (Å²) in [5.41, 5.74) is 4.42. The summed E-state index contributed by atoms with van der Waals surface area (Å²) in [5.74, 6) is -0.331. The smallest absolute Gasteiger partial charge is 0.243 e. The highest BCUT2D eigenvalue weighted by atomic mass is 32.2. The van der Waals surface area contributed by atoms with E-state index >= 15 is 0 Å². The molecule has 2 aromatic rings. The van der Waals surface area contributed by atoms with Gasteiger partial charge in [-0.2, -0.15) is 4.31 Å². The van der Waals surface area contributed by atoms with Crippen LogP contribution >= 0.6 is 0 Å². The first-order chi connectivity index (χ1) is 12.8. The van der Waals surface area contributed by atoms with E-state index in [4.69, 9.17) is 0 Å². The molecule has 0 saturated heterocycles. The third kappa shape index (κ3) is 4.39. The fraction of sp³-hybridized carbons (Fsp3) is 0.381. The van der Waals surface area contributed by atoms with Crippen molar-refractivity contribution in [1.29, 1.82) is 0 Å². The van der Waals surface area contributed by atoms with Crippen LogP contribution in [0.4, 0.5) is 0 Å². The molecule has 0 spiro atoms. The Bertz CT molecular complexity index is 926. The number of carbonyl (C=O) groups is 1. The van der Waals surface area contributed by atoms with Gasteiger partial charge < -0.3 is 5.32 Å². The van der Waals surface area contributed by atoms with Gasteiger partial charge in [0, 0.05) is 7.05 Å². The number of hydrogen-bond donors (Lipinski definition) is 1. The predicted octanol–water partition coefficient (Wildman–Crippen LogP) is 2.99. The largest absolute Gasteiger partial charge is 0.348 e. The number of nitrogens with one attached hydrogen (secondary N) is 1. The molecule has 1 aliphatic carbocycles. The monoisotopic (exact) mass is 386 g/mol. The van der Waals surface area contributed by atoms with Crippen molar-refractivity contribution in [2.24, 2.45) is 0 Å².